The largest absolute Gasteiger partial charge is 0.474 e. The molecule has 0 saturated heterocycles. The Balaban J connectivity index is 1.92. The maximum absolute atomic E-state index is 12.3. The van der Waals surface area contributed by atoms with Crippen molar-refractivity contribution in [3.8, 4) is 5.75 Å². The second-order valence-corrected chi connectivity index (χ2v) is 6.47. The minimum absolute atomic E-state index is 0.0392. The van der Waals surface area contributed by atoms with E-state index in [2.05, 4.69) is 0 Å². The lowest BCUT2D eigenvalue weighted by molar-refractivity contribution is -0.151. The van der Waals surface area contributed by atoms with Gasteiger partial charge in [-0.15, -0.1) is 11.3 Å². The number of nitrogens with one attached hydrogen (secondary N) is 1. The van der Waals surface area contributed by atoms with E-state index in [9.17, 15) is 4.79 Å². The van der Waals surface area contributed by atoms with Gasteiger partial charge in [0, 0.05) is 10.3 Å². The lowest BCUT2D eigenvalue weighted by Crippen LogP contribution is -2.21. The molecule has 0 radical (unpaired) electrons. The molecular weight excluding hydrogens is 336 g/mol. The molecule has 3 N–H and O–H groups in total. The molecule has 0 fully saturated rings. The van der Waals surface area contributed by atoms with Gasteiger partial charge in [0.25, 0.3) is 0 Å². The van der Waals surface area contributed by atoms with E-state index in [0.29, 0.717) is 10.6 Å². The Labute approximate surface area is 149 Å². The lowest BCUT2D eigenvalue weighted by atomic mass is 10.1. The molecule has 128 valence electrons. The molecule has 1 aromatic heterocycles. The number of rotatable bonds is 6. The highest BCUT2D eigenvalue weighted by Crippen LogP contribution is 2.31. The third-order valence-electron chi connectivity index (χ3n) is 3.61. The zero-order chi connectivity index (χ0) is 17.8. The monoisotopic (exact) mass is 354 g/mol. The molecule has 3 rings (SSSR count). The fourth-order valence-corrected chi connectivity index (χ4v) is 3.40. The van der Waals surface area contributed by atoms with E-state index < -0.39 is 12.1 Å². The number of carbonyl (C=O) groups is 1. The minimum atomic E-state index is -0.828. The Morgan fingerprint density at radius 3 is 2.64 bits per heavy atom. The maximum Gasteiger partial charge on any atom is 0.352 e. The summed E-state index contributed by atoms with van der Waals surface area (Å²) in [5, 5.41) is 8.53. The molecule has 0 bridgehead atoms. The van der Waals surface area contributed by atoms with Gasteiger partial charge in [0.1, 0.15) is 11.6 Å². The van der Waals surface area contributed by atoms with Crippen molar-refractivity contribution in [1.82, 2.24) is 0 Å². The molecule has 0 saturated carbocycles. The Hall–Kier alpha value is -2.86. The van der Waals surface area contributed by atoms with Crippen LogP contribution in [-0.2, 0) is 9.53 Å². The van der Waals surface area contributed by atoms with Crippen molar-refractivity contribution in [2.75, 3.05) is 6.61 Å². The van der Waals surface area contributed by atoms with Crippen LogP contribution in [-0.4, -0.2) is 18.4 Å². The van der Waals surface area contributed by atoms with Crippen molar-refractivity contribution in [2.24, 2.45) is 5.73 Å². The summed E-state index contributed by atoms with van der Waals surface area (Å²) in [6, 6.07) is 16.7. The van der Waals surface area contributed by atoms with Crippen LogP contribution in [0.25, 0.3) is 10.1 Å². The van der Waals surface area contributed by atoms with Crippen LogP contribution in [0.1, 0.15) is 23.5 Å². The molecule has 25 heavy (non-hydrogen) atoms. The van der Waals surface area contributed by atoms with Gasteiger partial charge in [0.2, 0.25) is 6.10 Å². The first kappa shape index (κ1) is 17.0. The number of hydrogen-bond donors (Lipinski definition) is 2. The smallest absolute Gasteiger partial charge is 0.352 e. The highest BCUT2D eigenvalue weighted by molar-refractivity contribution is 7.20. The molecule has 6 heteroatoms. The third-order valence-corrected chi connectivity index (χ3v) is 4.75. The molecule has 1 heterocycles. The average molecular weight is 354 g/mol. The van der Waals surface area contributed by atoms with E-state index in [-0.39, 0.29) is 12.4 Å². The topological polar surface area (TPSA) is 85.4 Å². The van der Waals surface area contributed by atoms with Gasteiger partial charge in [-0.25, -0.2) is 4.79 Å². The number of amidine groups is 1. The molecule has 0 aliphatic carbocycles. The Morgan fingerprint density at radius 1 is 1.20 bits per heavy atom. The van der Waals surface area contributed by atoms with Crippen LogP contribution in [0.15, 0.2) is 54.6 Å². The summed E-state index contributed by atoms with van der Waals surface area (Å²) in [6.07, 6.45) is -0.828. The molecule has 0 spiro atoms. The number of fused-ring (bicyclic) bond motifs is 1. The van der Waals surface area contributed by atoms with Gasteiger partial charge in [0.05, 0.1) is 11.5 Å². The number of nitrogens with two attached hydrogens (primary N) is 1. The average Bonchev–Trinajstić information content (AvgIpc) is 3.04. The number of thiophene rings is 1. The number of nitrogen functional groups attached to an aromatic ring is 1. The number of ether oxygens (including phenoxy) is 2. The quantitative estimate of drug-likeness (QED) is 0.400. The molecule has 0 aliphatic rings. The number of hydrogen-bond acceptors (Lipinski definition) is 5. The molecule has 5 nitrogen and oxygen atoms in total. The molecule has 2 aromatic carbocycles. The van der Waals surface area contributed by atoms with E-state index in [1.807, 2.05) is 48.5 Å². The SMILES string of the molecule is CCOC(=O)[C@@H](Oc1ccc2cc(C(=N)N)sc2c1)c1ccccc1. The summed E-state index contributed by atoms with van der Waals surface area (Å²) in [5.74, 6) is 0.174. The first-order valence-electron chi connectivity index (χ1n) is 7.84. The fraction of sp³-hybridized carbons (Fsp3) is 0.158. The fourth-order valence-electron chi connectivity index (χ4n) is 2.45. The van der Waals surface area contributed by atoms with Crippen LogP contribution >= 0.6 is 11.3 Å². The van der Waals surface area contributed by atoms with Gasteiger partial charge in [-0.05, 0) is 36.6 Å². The summed E-state index contributed by atoms with van der Waals surface area (Å²) in [4.78, 5) is 13.0. The Kier molecular flexibility index (Phi) is 5.00. The van der Waals surface area contributed by atoms with Crippen LogP contribution in [0.3, 0.4) is 0 Å². The molecule has 0 amide bonds. The molecule has 3 aromatic rings. The van der Waals surface area contributed by atoms with E-state index in [1.165, 1.54) is 11.3 Å². The first-order valence-corrected chi connectivity index (χ1v) is 8.66. The van der Waals surface area contributed by atoms with Crippen molar-refractivity contribution < 1.29 is 14.3 Å². The zero-order valence-corrected chi connectivity index (χ0v) is 14.5. The van der Waals surface area contributed by atoms with Crippen molar-refractivity contribution in [3.63, 3.8) is 0 Å². The minimum Gasteiger partial charge on any atom is -0.474 e. The van der Waals surface area contributed by atoms with Gasteiger partial charge in [0.15, 0.2) is 0 Å². The van der Waals surface area contributed by atoms with E-state index in [4.69, 9.17) is 20.6 Å². The van der Waals surface area contributed by atoms with Gasteiger partial charge < -0.3 is 15.2 Å². The highest BCUT2D eigenvalue weighted by atomic mass is 32.1. The van der Waals surface area contributed by atoms with Crippen molar-refractivity contribution in [1.29, 1.82) is 5.41 Å². The summed E-state index contributed by atoms with van der Waals surface area (Å²) in [5.41, 5.74) is 6.28. The van der Waals surface area contributed by atoms with Crippen molar-refractivity contribution >= 4 is 33.2 Å². The van der Waals surface area contributed by atoms with E-state index in [0.717, 1.165) is 15.6 Å². The normalized spacial score (nSPS) is 11.9. The maximum atomic E-state index is 12.3. The summed E-state index contributed by atoms with van der Waals surface area (Å²) >= 11 is 1.42. The Bertz CT molecular complexity index is 905. The molecule has 1 atom stereocenters. The van der Waals surface area contributed by atoms with Crippen LogP contribution in [0, 0.1) is 5.41 Å². The second kappa shape index (κ2) is 7.36. The second-order valence-electron chi connectivity index (χ2n) is 5.38. The predicted molar refractivity (Wildman–Crippen MR) is 99.3 cm³/mol. The summed E-state index contributed by atoms with van der Waals surface area (Å²) in [6.45, 7) is 2.05. The zero-order valence-electron chi connectivity index (χ0n) is 13.7. The van der Waals surface area contributed by atoms with Gasteiger partial charge >= 0.3 is 5.97 Å². The molecule has 0 aliphatic heterocycles. The van der Waals surface area contributed by atoms with Crippen LogP contribution in [0.5, 0.6) is 5.75 Å². The Morgan fingerprint density at radius 2 is 1.96 bits per heavy atom. The standard InChI is InChI=1S/C19H18N2O3S/c1-2-23-19(22)17(12-6-4-3-5-7-12)24-14-9-8-13-10-16(18(20)21)25-15(13)11-14/h3-11,17H,2H2,1H3,(H3,20,21)/t17-/m0/s1. The summed E-state index contributed by atoms with van der Waals surface area (Å²) in [7, 11) is 0. The van der Waals surface area contributed by atoms with Gasteiger partial charge in [-0.2, -0.15) is 0 Å². The predicted octanol–water partition coefficient (Wildman–Crippen LogP) is 3.87. The lowest BCUT2D eigenvalue weighted by Gasteiger charge is -2.18. The van der Waals surface area contributed by atoms with Gasteiger partial charge in [-0.3, -0.25) is 5.41 Å². The van der Waals surface area contributed by atoms with Crippen molar-refractivity contribution in [2.45, 2.75) is 13.0 Å². The van der Waals surface area contributed by atoms with Gasteiger partial charge in [-0.1, -0.05) is 30.3 Å². The van der Waals surface area contributed by atoms with Crippen LogP contribution < -0.4 is 10.5 Å². The molecule has 0 unspecified atom stereocenters. The molecular formula is C19H18N2O3S. The van der Waals surface area contributed by atoms with Crippen LogP contribution in [0.4, 0.5) is 0 Å². The van der Waals surface area contributed by atoms with Crippen molar-refractivity contribution in [3.05, 3.63) is 65.0 Å². The number of benzene rings is 2. The van der Waals surface area contributed by atoms with E-state index >= 15 is 0 Å². The first-order chi connectivity index (χ1) is 12.1. The van der Waals surface area contributed by atoms with E-state index in [1.54, 1.807) is 13.0 Å². The number of carbonyl (C=O) groups excluding carboxylic acids is 1. The third kappa shape index (κ3) is 3.80. The number of esters is 1. The van der Waals surface area contributed by atoms with Crippen LogP contribution in [0.2, 0.25) is 0 Å². The summed E-state index contributed by atoms with van der Waals surface area (Å²) < 4.78 is 12.0. The highest BCUT2D eigenvalue weighted by Gasteiger charge is 2.24.